The Hall–Kier alpha value is -3.28. The average molecular weight is 467 g/mol. The summed E-state index contributed by atoms with van der Waals surface area (Å²) in [4.78, 5) is 18.9. The van der Waals surface area contributed by atoms with Crippen molar-refractivity contribution in [1.29, 1.82) is 0 Å². The molecule has 34 heavy (non-hydrogen) atoms. The summed E-state index contributed by atoms with van der Waals surface area (Å²) >= 11 is 0. The summed E-state index contributed by atoms with van der Waals surface area (Å²) in [5, 5.41) is 3.29. The molecule has 8 heteroatoms. The van der Waals surface area contributed by atoms with E-state index in [1.54, 1.807) is 10.6 Å². The molecule has 0 bridgehead atoms. The van der Waals surface area contributed by atoms with Crippen LogP contribution in [-0.4, -0.2) is 54.0 Å². The minimum absolute atomic E-state index is 0.0837. The van der Waals surface area contributed by atoms with Gasteiger partial charge in [0.1, 0.15) is 11.5 Å². The van der Waals surface area contributed by atoms with Crippen molar-refractivity contribution in [3.63, 3.8) is 0 Å². The largest absolute Gasteiger partial charge is 0.433 e. The number of para-hydroxylation sites is 1. The van der Waals surface area contributed by atoms with Crippen molar-refractivity contribution in [2.75, 3.05) is 20.6 Å². The summed E-state index contributed by atoms with van der Waals surface area (Å²) in [6, 6.07) is 10.5. The van der Waals surface area contributed by atoms with Crippen LogP contribution in [0.4, 0.5) is 8.78 Å². The van der Waals surface area contributed by atoms with Crippen LogP contribution >= 0.6 is 0 Å². The van der Waals surface area contributed by atoms with Crippen molar-refractivity contribution in [1.82, 2.24) is 19.8 Å². The highest BCUT2D eigenvalue weighted by atomic mass is 19.3. The van der Waals surface area contributed by atoms with Crippen molar-refractivity contribution in [2.24, 2.45) is 5.92 Å². The highest BCUT2D eigenvalue weighted by Crippen LogP contribution is 2.36. The average Bonchev–Trinajstić information content (AvgIpc) is 3.15. The monoisotopic (exact) mass is 466 g/mol. The van der Waals surface area contributed by atoms with E-state index in [4.69, 9.17) is 9.72 Å². The Balaban J connectivity index is 1.98. The van der Waals surface area contributed by atoms with Gasteiger partial charge in [-0.2, -0.15) is 8.78 Å². The summed E-state index contributed by atoms with van der Waals surface area (Å²) in [6.45, 7) is 1.96. The van der Waals surface area contributed by atoms with E-state index in [-0.39, 0.29) is 29.0 Å². The van der Waals surface area contributed by atoms with Gasteiger partial charge in [0.05, 0.1) is 17.1 Å². The van der Waals surface area contributed by atoms with E-state index in [1.807, 2.05) is 44.1 Å². The Labute approximate surface area is 197 Å². The smallest absolute Gasteiger partial charge is 0.387 e. The molecule has 0 aliphatic carbocycles. The van der Waals surface area contributed by atoms with E-state index in [2.05, 4.69) is 24.1 Å². The SMILES string of the molecule is CCC(c1nc2ccc(C#CC3CNC3C)cc2n1-c1c(C=O)cccc1OC(F)F)N(C)C. The maximum Gasteiger partial charge on any atom is 0.387 e. The van der Waals surface area contributed by atoms with Crippen LogP contribution in [0.5, 0.6) is 5.75 Å². The fourth-order valence-electron chi connectivity index (χ4n) is 4.30. The Morgan fingerprint density at radius 2 is 2.12 bits per heavy atom. The molecule has 0 saturated carbocycles. The number of aromatic nitrogens is 2. The second-order valence-electron chi connectivity index (χ2n) is 8.66. The number of carbonyl (C=O) groups excluding carboxylic acids is 1. The molecule has 0 radical (unpaired) electrons. The summed E-state index contributed by atoms with van der Waals surface area (Å²) in [5.41, 5.74) is 2.63. The van der Waals surface area contributed by atoms with E-state index in [9.17, 15) is 13.6 Å². The number of imidazole rings is 1. The molecule has 1 aliphatic rings. The summed E-state index contributed by atoms with van der Waals surface area (Å²) in [7, 11) is 3.87. The molecule has 1 aliphatic heterocycles. The van der Waals surface area contributed by atoms with Gasteiger partial charge in [0.25, 0.3) is 0 Å². The molecule has 2 heterocycles. The predicted molar refractivity (Wildman–Crippen MR) is 128 cm³/mol. The van der Waals surface area contributed by atoms with Crippen LogP contribution in [0.3, 0.4) is 0 Å². The number of carbonyl (C=O) groups is 1. The van der Waals surface area contributed by atoms with E-state index in [1.165, 1.54) is 12.1 Å². The first kappa shape index (κ1) is 23.9. The molecule has 0 spiro atoms. The maximum atomic E-state index is 13.3. The summed E-state index contributed by atoms with van der Waals surface area (Å²) < 4.78 is 33.2. The zero-order chi connectivity index (χ0) is 24.4. The van der Waals surface area contributed by atoms with Gasteiger partial charge < -0.3 is 10.1 Å². The molecule has 3 aromatic rings. The van der Waals surface area contributed by atoms with Crippen LogP contribution in [0, 0.1) is 17.8 Å². The molecule has 4 rings (SSSR count). The number of alkyl halides is 2. The Bertz CT molecular complexity index is 1260. The molecule has 2 aromatic carbocycles. The van der Waals surface area contributed by atoms with Gasteiger partial charge in [-0.25, -0.2) is 4.98 Å². The molecule has 1 aromatic heterocycles. The highest BCUT2D eigenvalue weighted by Gasteiger charge is 2.26. The fourth-order valence-corrected chi connectivity index (χ4v) is 4.30. The first-order valence-corrected chi connectivity index (χ1v) is 11.3. The van der Waals surface area contributed by atoms with Crippen LogP contribution in [0.1, 0.15) is 48.1 Å². The molecule has 1 N–H and O–H groups in total. The normalized spacial score (nSPS) is 18.5. The van der Waals surface area contributed by atoms with Crippen LogP contribution in [0.2, 0.25) is 0 Å². The van der Waals surface area contributed by atoms with E-state index < -0.39 is 6.61 Å². The van der Waals surface area contributed by atoms with E-state index in [0.29, 0.717) is 29.2 Å². The molecule has 3 atom stereocenters. The second-order valence-corrected chi connectivity index (χ2v) is 8.66. The van der Waals surface area contributed by atoms with Gasteiger partial charge >= 0.3 is 6.61 Å². The van der Waals surface area contributed by atoms with Gasteiger partial charge in [0.15, 0.2) is 12.0 Å². The number of benzene rings is 2. The Morgan fingerprint density at radius 3 is 2.71 bits per heavy atom. The number of hydrogen-bond donors (Lipinski definition) is 1. The van der Waals surface area contributed by atoms with Crippen molar-refractivity contribution >= 4 is 17.3 Å². The zero-order valence-corrected chi connectivity index (χ0v) is 19.7. The lowest BCUT2D eigenvalue weighted by Crippen LogP contribution is -2.50. The predicted octanol–water partition coefficient (Wildman–Crippen LogP) is 4.41. The number of aldehydes is 1. The maximum absolute atomic E-state index is 13.3. The number of halogens is 2. The number of hydrogen-bond acceptors (Lipinski definition) is 5. The second kappa shape index (κ2) is 9.92. The molecule has 3 unspecified atom stereocenters. The van der Waals surface area contributed by atoms with Crippen LogP contribution < -0.4 is 10.1 Å². The lowest BCUT2D eigenvalue weighted by molar-refractivity contribution is -0.0498. The van der Waals surface area contributed by atoms with Gasteiger partial charge in [-0.15, -0.1) is 0 Å². The quantitative estimate of drug-likeness (QED) is 0.413. The van der Waals surface area contributed by atoms with Gasteiger partial charge in [0, 0.05) is 29.6 Å². The molecular formula is C26H28F2N4O2. The fraction of sp³-hybridized carbons (Fsp3) is 0.385. The van der Waals surface area contributed by atoms with Crippen LogP contribution in [0.15, 0.2) is 36.4 Å². The van der Waals surface area contributed by atoms with Crippen molar-refractivity contribution < 1.29 is 18.3 Å². The number of ether oxygens (including phenoxy) is 1. The van der Waals surface area contributed by atoms with Gasteiger partial charge in [-0.3, -0.25) is 14.3 Å². The number of nitrogens with one attached hydrogen (secondary N) is 1. The first-order chi connectivity index (χ1) is 16.3. The van der Waals surface area contributed by atoms with Crippen LogP contribution in [-0.2, 0) is 0 Å². The molecule has 1 saturated heterocycles. The Kier molecular flexibility index (Phi) is 6.96. The third-order valence-corrected chi connectivity index (χ3v) is 6.25. The Morgan fingerprint density at radius 1 is 1.32 bits per heavy atom. The van der Waals surface area contributed by atoms with Gasteiger partial charge in [-0.05, 0) is 57.8 Å². The molecule has 0 amide bonds. The minimum atomic E-state index is -3.03. The lowest BCUT2D eigenvalue weighted by atomic mass is 9.94. The molecule has 1 fully saturated rings. The third-order valence-electron chi connectivity index (χ3n) is 6.25. The highest BCUT2D eigenvalue weighted by molar-refractivity contribution is 5.87. The van der Waals surface area contributed by atoms with Crippen molar-refractivity contribution in [3.05, 3.63) is 53.3 Å². The molecule has 178 valence electrons. The number of rotatable bonds is 7. The number of nitrogens with zero attached hydrogens (tertiary/aromatic N) is 3. The number of fused-ring (bicyclic) bond motifs is 1. The molecular weight excluding hydrogens is 438 g/mol. The zero-order valence-electron chi connectivity index (χ0n) is 19.7. The van der Waals surface area contributed by atoms with Gasteiger partial charge in [0.2, 0.25) is 0 Å². The van der Waals surface area contributed by atoms with Crippen molar-refractivity contribution in [3.8, 4) is 23.3 Å². The summed E-state index contributed by atoms with van der Waals surface area (Å²) in [6.07, 6.45) is 1.37. The summed E-state index contributed by atoms with van der Waals surface area (Å²) in [5.74, 6) is 7.38. The topological polar surface area (TPSA) is 59.4 Å². The lowest BCUT2D eigenvalue weighted by Gasteiger charge is -2.31. The van der Waals surface area contributed by atoms with Gasteiger partial charge in [-0.1, -0.05) is 24.8 Å². The molecule has 6 nitrogen and oxygen atoms in total. The standard InChI is InChI=1S/C26H28F2N4O2/c1-5-21(31(3)4)25-30-20-12-10-17(9-11-18-14-29-16(18)2)13-22(20)32(25)24-19(15-33)7-6-8-23(24)34-26(27)28/h6-8,10,12-13,15-16,18,21,26,29H,5,14H2,1-4H3. The van der Waals surface area contributed by atoms with E-state index >= 15 is 0 Å². The third kappa shape index (κ3) is 4.54. The first-order valence-electron chi connectivity index (χ1n) is 11.3. The van der Waals surface area contributed by atoms with Crippen molar-refractivity contribution in [2.45, 2.75) is 39.0 Å². The van der Waals surface area contributed by atoms with Crippen LogP contribution in [0.25, 0.3) is 16.7 Å². The minimum Gasteiger partial charge on any atom is -0.433 e. The van der Waals surface area contributed by atoms with E-state index in [0.717, 1.165) is 18.5 Å².